The zero-order chi connectivity index (χ0) is 13.3. The Morgan fingerprint density at radius 1 is 1.61 bits per heavy atom. The number of β-lactam (4-membered cyclic amide) rings is 1. The van der Waals surface area contributed by atoms with Gasteiger partial charge in [-0.25, -0.2) is 4.79 Å². The average Bonchev–Trinajstić information content (AvgIpc) is 2.59. The lowest BCUT2D eigenvalue weighted by Crippen LogP contribution is -2.48. The molecule has 0 radical (unpaired) electrons. The van der Waals surface area contributed by atoms with Crippen molar-refractivity contribution in [1.29, 1.82) is 0 Å². The molecule has 0 aromatic rings. The van der Waals surface area contributed by atoms with Crippen LogP contribution in [0.1, 0.15) is 20.3 Å². The highest BCUT2D eigenvalue weighted by Gasteiger charge is 2.48. The van der Waals surface area contributed by atoms with Crippen molar-refractivity contribution in [3.8, 4) is 0 Å². The van der Waals surface area contributed by atoms with Crippen LogP contribution in [0.3, 0.4) is 0 Å². The second kappa shape index (κ2) is 5.29. The summed E-state index contributed by atoms with van der Waals surface area (Å²) in [6, 6.07) is 0. The molecule has 0 saturated carbocycles. The van der Waals surface area contributed by atoms with Gasteiger partial charge in [0.15, 0.2) is 6.29 Å². The van der Waals surface area contributed by atoms with E-state index in [4.69, 9.17) is 14.6 Å². The van der Waals surface area contributed by atoms with E-state index in [-0.39, 0.29) is 29.9 Å². The van der Waals surface area contributed by atoms with Gasteiger partial charge in [0.2, 0.25) is 5.91 Å². The Balaban J connectivity index is 2.02. The number of thioether (sulfide) groups is 1. The van der Waals surface area contributed by atoms with Gasteiger partial charge in [-0.05, 0) is 13.8 Å². The molecule has 100 valence electrons. The molecule has 0 aromatic heterocycles. The van der Waals surface area contributed by atoms with E-state index >= 15 is 0 Å². The zero-order valence-corrected chi connectivity index (χ0v) is 11.0. The Kier molecular flexibility index (Phi) is 3.94. The Labute approximate surface area is 109 Å². The molecular weight excluding hydrogens is 258 g/mol. The Hall–Kier alpha value is -1.05. The summed E-state index contributed by atoms with van der Waals surface area (Å²) in [6.45, 7) is 4.31. The molecule has 2 aliphatic heterocycles. The molecule has 1 fully saturated rings. The van der Waals surface area contributed by atoms with E-state index in [0.29, 0.717) is 17.9 Å². The van der Waals surface area contributed by atoms with Crippen LogP contribution < -0.4 is 0 Å². The van der Waals surface area contributed by atoms with Crippen LogP contribution in [-0.2, 0) is 19.1 Å². The van der Waals surface area contributed by atoms with Gasteiger partial charge in [0.05, 0.1) is 18.4 Å². The molecule has 2 rings (SSSR count). The van der Waals surface area contributed by atoms with Crippen molar-refractivity contribution in [3.63, 3.8) is 0 Å². The minimum absolute atomic E-state index is 0.0601. The quantitative estimate of drug-likeness (QED) is 0.574. The van der Waals surface area contributed by atoms with Crippen molar-refractivity contribution in [3.05, 3.63) is 10.6 Å². The fourth-order valence-electron chi connectivity index (χ4n) is 1.91. The number of carboxylic acids is 1. The predicted octanol–water partition coefficient (Wildman–Crippen LogP) is 0.987. The molecule has 7 heteroatoms. The molecule has 0 aromatic carbocycles. The fraction of sp³-hybridized carbons (Fsp3) is 0.636. The number of aliphatic carboxylic acids is 1. The molecule has 6 nitrogen and oxygen atoms in total. The molecule has 2 heterocycles. The first-order chi connectivity index (χ1) is 8.54. The highest BCUT2D eigenvalue weighted by atomic mass is 32.2. The molecule has 1 amide bonds. The van der Waals surface area contributed by atoms with Gasteiger partial charge in [0.25, 0.3) is 0 Å². The summed E-state index contributed by atoms with van der Waals surface area (Å²) in [6.07, 6.45) is 0.00786. The lowest BCUT2D eigenvalue weighted by molar-refractivity contribution is -0.145. The second-order valence-corrected chi connectivity index (χ2v) is 5.22. The largest absolute Gasteiger partial charge is 0.477 e. The number of hydrogen-bond donors (Lipinski definition) is 1. The van der Waals surface area contributed by atoms with Crippen molar-refractivity contribution in [1.82, 2.24) is 4.90 Å². The summed E-state index contributed by atoms with van der Waals surface area (Å²) in [5.74, 6) is -1.22. The second-order valence-electron chi connectivity index (χ2n) is 3.95. The molecule has 2 atom stereocenters. The average molecular weight is 273 g/mol. The summed E-state index contributed by atoms with van der Waals surface area (Å²) >= 11 is 1.38. The third-order valence-corrected chi connectivity index (χ3v) is 3.99. The lowest BCUT2D eigenvalue weighted by Gasteiger charge is -2.33. The zero-order valence-electron chi connectivity index (χ0n) is 10.2. The first-order valence-electron chi connectivity index (χ1n) is 5.73. The number of amides is 1. The molecule has 1 saturated heterocycles. The number of ether oxygens (including phenoxy) is 2. The van der Waals surface area contributed by atoms with Gasteiger partial charge in [-0.3, -0.25) is 9.69 Å². The van der Waals surface area contributed by atoms with Gasteiger partial charge in [0.1, 0.15) is 5.70 Å². The SMILES string of the molecule is CCOC(C)OCC1=C(C(=O)O)N2C(=O)C[C@H]2S1. The molecule has 2 aliphatic rings. The molecule has 1 N–H and O–H groups in total. The van der Waals surface area contributed by atoms with E-state index in [0.717, 1.165) is 0 Å². The van der Waals surface area contributed by atoms with E-state index in [2.05, 4.69) is 0 Å². The Morgan fingerprint density at radius 3 is 2.89 bits per heavy atom. The minimum atomic E-state index is -1.08. The van der Waals surface area contributed by atoms with Gasteiger partial charge < -0.3 is 14.6 Å². The molecule has 1 unspecified atom stereocenters. The maximum absolute atomic E-state index is 11.4. The van der Waals surface area contributed by atoms with Crippen molar-refractivity contribution >= 4 is 23.6 Å². The van der Waals surface area contributed by atoms with Crippen LogP contribution in [0.2, 0.25) is 0 Å². The normalized spacial score (nSPS) is 24.0. The standard InChI is InChI=1S/C11H15NO5S/c1-3-16-6(2)17-5-7-10(11(14)15)12-8(13)4-9(12)18-7/h6,9H,3-5H2,1-2H3,(H,14,15)/t6?,9-/m1/s1. The van der Waals surface area contributed by atoms with E-state index in [1.807, 2.05) is 6.92 Å². The number of fused-ring (bicyclic) bond motifs is 1. The van der Waals surface area contributed by atoms with Crippen LogP contribution in [0.15, 0.2) is 10.6 Å². The van der Waals surface area contributed by atoms with Crippen LogP contribution in [0.25, 0.3) is 0 Å². The van der Waals surface area contributed by atoms with Crippen LogP contribution in [0, 0.1) is 0 Å². The summed E-state index contributed by atoms with van der Waals surface area (Å²) in [5.41, 5.74) is 0.0601. The number of hydrogen-bond acceptors (Lipinski definition) is 5. The summed E-state index contributed by atoms with van der Waals surface area (Å²) in [7, 11) is 0. The van der Waals surface area contributed by atoms with Gasteiger partial charge >= 0.3 is 5.97 Å². The number of carboxylic acid groups (broad SMARTS) is 1. The van der Waals surface area contributed by atoms with E-state index < -0.39 is 5.97 Å². The summed E-state index contributed by atoms with van der Waals surface area (Å²) < 4.78 is 10.6. The molecular formula is C11H15NO5S. The monoisotopic (exact) mass is 273 g/mol. The van der Waals surface area contributed by atoms with Gasteiger partial charge in [-0.1, -0.05) is 11.8 Å². The highest BCUT2D eigenvalue weighted by molar-refractivity contribution is 8.04. The van der Waals surface area contributed by atoms with Gasteiger partial charge in [0, 0.05) is 11.5 Å². The summed E-state index contributed by atoms with van der Waals surface area (Å²) in [5, 5.41) is 9.08. The summed E-state index contributed by atoms with van der Waals surface area (Å²) in [4.78, 5) is 24.4. The molecule has 0 spiro atoms. The highest BCUT2D eigenvalue weighted by Crippen LogP contribution is 2.46. The predicted molar refractivity (Wildman–Crippen MR) is 64.5 cm³/mol. The topological polar surface area (TPSA) is 76.1 Å². The van der Waals surface area contributed by atoms with Gasteiger partial charge in [-0.15, -0.1) is 0 Å². The first kappa shape index (κ1) is 13.4. The number of rotatable bonds is 6. The van der Waals surface area contributed by atoms with Crippen LogP contribution in [0.4, 0.5) is 0 Å². The molecule has 18 heavy (non-hydrogen) atoms. The Morgan fingerprint density at radius 2 is 2.33 bits per heavy atom. The maximum atomic E-state index is 11.4. The number of nitrogens with zero attached hydrogens (tertiary/aromatic N) is 1. The number of carbonyl (C=O) groups excluding carboxylic acids is 1. The third kappa shape index (κ3) is 2.38. The van der Waals surface area contributed by atoms with Crippen molar-refractivity contribution < 1.29 is 24.2 Å². The first-order valence-corrected chi connectivity index (χ1v) is 6.61. The smallest absolute Gasteiger partial charge is 0.353 e. The number of carbonyl (C=O) groups is 2. The molecule has 0 aliphatic carbocycles. The molecule has 0 bridgehead atoms. The van der Waals surface area contributed by atoms with Crippen molar-refractivity contribution in [2.24, 2.45) is 0 Å². The van der Waals surface area contributed by atoms with E-state index in [1.165, 1.54) is 16.7 Å². The third-order valence-electron chi connectivity index (χ3n) is 2.74. The Bertz CT molecular complexity index is 408. The van der Waals surface area contributed by atoms with Gasteiger partial charge in [-0.2, -0.15) is 0 Å². The van der Waals surface area contributed by atoms with Crippen LogP contribution in [0.5, 0.6) is 0 Å². The maximum Gasteiger partial charge on any atom is 0.353 e. The van der Waals surface area contributed by atoms with Crippen LogP contribution >= 0.6 is 11.8 Å². The van der Waals surface area contributed by atoms with E-state index in [1.54, 1.807) is 6.92 Å². The lowest BCUT2D eigenvalue weighted by atomic mass is 10.1. The van der Waals surface area contributed by atoms with Crippen molar-refractivity contribution in [2.45, 2.75) is 31.9 Å². The van der Waals surface area contributed by atoms with E-state index in [9.17, 15) is 9.59 Å². The van der Waals surface area contributed by atoms with Crippen molar-refractivity contribution in [2.75, 3.05) is 13.2 Å². The minimum Gasteiger partial charge on any atom is -0.477 e. The van der Waals surface area contributed by atoms with Crippen LogP contribution in [-0.4, -0.2) is 46.8 Å². The fourth-order valence-corrected chi connectivity index (χ4v) is 3.22.